The molecule has 3 N–H and O–H groups in total. The number of nitrogens with two attached hydrogens (primary N) is 1. The van der Waals surface area contributed by atoms with E-state index >= 15 is 0 Å². The van der Waals surface area contributed by atoms with E-state index in [0.717, 1.165) is 0 Å². The van der Waals surface area contributed by atoms with Crippen molar-refractivity contribution in [1.82, 2.24) is 0 Å². The molecule has 12 heavy (non-hydrogen) atoms. The van der Waals surface area contributed by atoms with Crippen molar-refractivity contribution in [2.75, 3.05) is 5.32 Å². The number of nitrogens with one attached hydrogen (secondary N) is 1. The van der Waals surface area contributed by atoms with Gasteiger partial charge in [-0.15, -0.1) is 0 Å². The predicted molar refractivity (Wildman–Crippen MR) is 51.1 cm³/mol. The van der Waals surface area contributed by atoms with Crippen LogP contribution in [-0.2, 0) is 0 Å². The number of rotatable bonds is 0. The molecule has 2 rings (SSSR count). The van der Waals surface area contributed by atoms with E-state index in [9.17, 15) is 0 Å². The smallest absolute Gasteiger partial charge is 0.0544 e. The lowest BCUT2D eigenvalue weighted by molar-refractivity contribution is 0.485. The monoisotopic (exact) mass is 162 g/mol. The largest absolute Gasteiger partial charge is 0.378 e. The van der Waals surface area contributed by atoms with Crippen molar-refractivity contribution in [3.05, 3.63) is 29.8 Å². The summed E-state index contributed by atoms with van der Waals surface area (Å²) < 4.78 is 0. The van der Waals surface area contributed by atoms with E-state index < -0.39 is 0 Å². The summed E-state index contributed by atoms with van der Waals surface area (Å²) in [6, 6.07) is 8.32. The van der Waals surface area contributed by atoms with E-state index in [4.69, 9.17) is 5.73 Å². The number of anilines is 1. The molecule has 0 unspecified atom stereocenters. The zero-order valence-corrected chi connectivity index (χ0v) is 7.46. The molecule has 1 heterocycles. The zero-order valence-electron chi connectivity index (χ0n) is 7.46. The minimum Gasteiger partial charge on any atom is -0.378 e. The minimum atomic E-state index is -0.0102. The van der Waals surface area contributed by atoms with Crippen molar-refractivity contribution in [1.29, 1.82) is 0 Å². The van der Waals surface area contributed by atoms with Crippen molar-refractivity contribution < 1.29 is 0 Å². The van der Waals surface area contributed by atoms with Gasteiger partial charge in [-0.1, -0.05) is 18.2 Å². The Balaban J connectivity index is 2.49. The second kappa shape index (κ2) is 2.23. The van der Waals surface area contributed by atoms with Crippen LogP contribution < -0.4 is 11.1 Å². The number of benzene rings is 1. The van der Waals surface area contributed by atoms with Crippen molar-refractivity contribution >= 4 is 5.69 Å². The topological polar surface area (TPSA) is 38.0 Å². The fourth-order valence-corrected chi connectivity index (χ4v) is 1.70. The molecular weight excluding hydrogens is 148 g/mol. The summed E-state index contributed by atoms with van der Waals surface area (Å²) in [5.74, 6) is 0. The fourth-order valence-electron chi connectivity index (χ4n) is 1.70. The van der Waals surface area contributed by atoms with Crippen LogP contribution in [0.3, 0.4) is 0 Å². The van der Waals surface area contributed by atoms with E-state index in [1.165, 1.54) is 11.3 Å². The molecule has 1 aliphatic heterocycles. The van der Waals surface area contributed by atoms with Crippen molar-refractivity contribution in [2.45, 2.75) is 25.4 Å². The van der Waals surface area contributed by atoms with Crippen LogP contribution in [0.5, 0.6) is 0 Å². The molecule has 0 fully saturated rings. The third kappa shape index (κ3) is 0.916. The van der Waals surface area contributed by atoms with Crippen LogP contribution in [0.1, 0.15) is 25.5 Å². The van der Waals surface area contributed by atoms with Gasteiger partial charge in [0.15, 0.2) is 0 Å². The van der Waals surface area contributed by atoms with Gasteiger partial charge in [-0.05, 0) is 25.5 Å². The van der Waals surface area contributed by atoms with E-state index in [0.29, 0.717) is 0 Å². The van der Waals surface area contributed by atoms with Crippen LogP contribution in [0.4, 0.5) is 5.69 Å². The molecule has 0 saturated carbocycles. The van der Waals surface area contributed by atoms with Crippen molar-refractivity contribution in [2.24, 2.45) is 5.73 Å². The van der Waals surface area contributed by atoms with Gasteiger partial charge in [-0.2, -0.15) is 0 Å². The van der Waals surface area contributed by atoms with Crippen LogP contribution in [0.2, 0.25) is 0 Å². The highest BCUT2D eigenvalue weighted by Gasteiger charge is 2.35. The maximum Gasteiger partial charge on any atom is 0.0544 e. The molecule has 0 radical (unpaired) electrons. The molecule has 0 aromatic heterocycles. The highest BCUT2D eigenvalue weighted by atomic mass is 15.1. The first-order valence-corrected chi connectivity index (χ1v) is 4.24. The maximum atomic E-state index is 6.06. The maximum absolute atomic E-state index is 6.06. The lowest BCUT2D eigenvalue weighted by atomic mass is 9.94. The first-order chi connectivity index (χ1) is 5.61. The Bertz CT molecular complexity index is 304. The zero-order chi connectivity index (χ0) is 8.77. The molecule has 1 aliphatic rings. The molecule has 2 nitrogen and oxygen atoms in total. The van der Waals surface area contributed by atoms with Gasteiger partial charge in [-0.25, -0.2) is 0 Å². The van der Waals surface area contributed by atoms with Gasteiger partial charge in [0.2, 0.25) is 0 Å². The Labute approximate surface area is 72.8 Å². The molecule has 1 aromatic rings. The second-order valence-corrected chi connectivity index (χ2v) is 3.91. The first-order valence-electron chi connectivity index (χ1n) is 4.24. The summed E-state index contributed by atoms with van der Waals surface area (Å²) in [6.45, 7) is 4.25. The molecule has 2 heteroatoms. The van der Waals surface area contributed by atoms with E-state index in [1.807, 2.05) is 12.1 Å². The Kier molecular flexibility index (Phi) is 1.42. The van der Waals surface area contributed by atoms with Gasteiger partial charge < -0.3 is 11.1 Å². The lowest BCUT2D eigenvalue weighted by Gasteiger charge is -2.24. The Morgan fingerprint density at radius 2 is 2.00 bits per heavy atom. The summed E-state index contributed by atoms with van der Waals surface area (Å²) in [4.78, 5) is 0. The van der Waals surface area contributed by atoms with Crippen molar-refractivity contribution in [3.63, 3.8) is 0 Å². The average molecular weight is 162 g/mol. The quantitative estimate of drug-likeness (QED) is 0.611. The predicted octanol–water partition coefficient (Wildman–Crippen LogP) is 1.89. The summed E-state index contributed by atoms with van der Waals surface area (Å²) >= 11 is 0. The summed E-state index contributed by atoms with van der Waals surface area (Å²) in [5, 5.41) is 3.40. The number of para-hydroxylation sites is 1. The Hall–Kier alpha value is -1.02. The number of hydrogen-bond acceptors (Lipinski definition) is 2. The fraction of sp³-hybridized carbons (Fsp3) is 0.400. The minimum absolute atomic E-state index is 0.0102. The average Bonchev–Trinajstić information content (AvgIpc) is 2.24. The second-order valence-electron chi connectivity index (χ2n) is 3.91. The normalized spacial score (nSPS) is 24.8. The SMILES string of the molecule is CC1(C)Nc2ccccc2[C@@H]1N. The molecule has 1 atom stereocenters. The molecule has 0 bridgehead atoms. The molecule has 64 valence electrons. The summed E-state index contributed by atoms with van der Waals surface area (Å²) in [7, 11) is 0. The Morgan fingerprint density at radius 3 is 2.67 bits per heavy atom. The van der Waals surface area contributed by atoms with Crippen molar-refractivity contribution in [3.8, 4) is 0 Å². The summed E-state index contributed by atoms with van der Waals surface area (Å²) in [5.41, 5.74) is 8.45. The molecule has 0 spiro atoms. The molecule has 0 saturated heterocycles. The van der Waals surface area contributed by atoms with Crippen LogP contribution in [-0.4, -0.2) is 5.54 Å². The van der Waals surface area contributed by atoms with Gasteiger partial charge in [0, 0.05) is 5.69 Å². The highest BCUT2D eigenvalue weighted by molar-refractivity contribution is 5.60. The van der Waals surface area contributed by atoms with E-state index in [1.54, 1.807) is 0 Å². The van der Waals surface area contributed by atoms with Crippen LogP contribution >= 0.6 is 0 Å². The third-order valence-corrected chi connectivity index (χ3v) is 2.53. The van der Waals surface area contributed by atoms with E-state index in [2.05, 4.69) is 31.3 Å². The van der Waals surface area contributed by atoms with Gasteiger partial charge in [0.25, 0.3) is 0 Å². The molecule has 0 amide bonds. The van der Waals surface area contributed by atoms with Crippen LogP contribution in [0.25, 0.3) is 0 Å². The highest BCUT2D eigenvalue weighted by Crippen LogP contribution is 2.38. The van der Waals surface area contributed by atoms with Gasteiger partial charge >= 0.3 is 0 Å². The van der Waals surface area contributed by atoms with Gasteiger partial charge in [0.05, 0.1) is 11.6 Å². The third-order valence-electron chi connectivity index (χ3n) is 2.53. The standard InChI is InChI=1S/C10H14N2/c1-10(2)9(11)7-5-3-4-6-8(7)12-10/h3-6,9,12H,11H2,1-2H3/t9-/m0/s1. The number of hydrogen-bond donors (Lipinski definition) is 2. The van der Waals surface area contributed by atoms with Gasteiger partial charge in [-0.3, -0.25) is 0 Å². The first kappa shape index (κ1) is 7.62. The number of fused-ring (bicyclic) bond motifs is 1. The van der Waals surface area contributed by atoms with E-state index in [-0.39, 0.29) is 11.6 Å². The Morgan fingerprint density at radius 1 is 1.33 bits per heavy atom. The van der Waals surface area contributed by atoms with Gasteiger partial charge in [0.1, 0.15) is 0 Å². The summed E-state index contributed by atoms with van der Waals surface area (Å²) in [6.07, 6.45) is 0. The van der Waals surface area contributed by atoms with Crippen LogP contribution in [0.15, 0.2) is 24.3 Å². The molecule has 0 aliphatic carbocycles. The molecular formula is C10H14N2. The molecule has 1 aromatic carbocycles. The lowest BCUT2D eigenvalue weighted by Crippen LogP contribution is -2.36. The van der Waals surface area contributed by atoms with Crippen LogP contribution in [0, 0.1) is 0 Å².